The van der Waals surface area contributed by atoms with Crippen molar-refractivity contribution in [3.63, 3.8) is 0 Å². The fourth-order valence-electron chi connectivity index (χ4n) is 3.39. The minimum Gasteiger partial charge on any atom is -0.473 e. The Morgan fingerprint density at radius 3 is 1.97 bits per heavy atom. The lowest BCUT2D eigenvalue weighted by molar-refractivity contribution is -0.159. The highest BCUT2D eigenvalue weighted by molar-refractivity contribution is 7.99. The van der Waals surface area contributed by atoms with Crippen LogP contribution in [0, 0.1) is 0 Å². The standard InChI is InChI=1S/C22H23N3O2S.C2H2O4/c1-24(2)18(19-10-7-13-27-19)14-23-15-22(26)25-16-8-3-5-11-20(16)28-21-12-6-4-9-17(21)25;3-1(4)2(5)6/h3-13,18,23H,14-15H2,1-2H3;(H,3,4)(H,5,6). The molecule has 1 aliphatic rings. The molecule has 10 heteroatoms. The zero-order valence-electron chi connectivity index (χ0n) is 18.7. The number of para-hydroxylation sites is 2. The molecule has 3 aromatic rings. The van der Waals surface area contributed by atoms with Crippen LogP contribution in [-0.4, -0.2) is 60.1 Å². The van der Waals surface area contributed by atoms with E-state index in [0.717, 1.165) is 26.9 Å². The van der Waals surface area contributed by atoms with Crippen LogP contribution in [0.15, 0.2) is 81.1 Å². The van der Waals surface area contributed by atoms with Crippen LogP contribution in [0.1, 0.15) is 11.8 Å². The topological polar surface area (TPSA) is 123 Å². The first kappa shape index (κ1) is 25.0. The second kappa shape index (κ2) is 11.5. The van der Waals surface area contributed by atoms with E-state index in [2.05, 4.69) is 22.3 Å². The average Bonchev–Trinajstić information content (AvgIpc) is 3.34. The van der Waals surface area contributed by atoms with Gasteiger partial charge in [0, 0.05) is 16.3 Å². The molecule has 1 unspecified atom stereocenters. The van der Waals surface area contributed by atoms with E-state index < -0.39 is 11.9 Å². The van der Waals surface area contributed by atoms with Crippen LogP contribution in [0.3, 0.4) is 0 Å². The number of likely N-dealkylation sites (N-methyl/N-ethyl adjacent to an activating group) is 1. The molecule has 1 atom stereocenters. The van der Waals surface area contributed by atoms with Gasteiger partial charge in [0.2, 0.25) is 5.91 Å². The van der Waals surface area contributed by atoms with Gasteiger partial charge < -0.3 is 19.9 Å². The Balaban J connectivity index is 0.000000481. The highest BCUT2D eigenvalue weighted by Gasteiger charge is 2.27. The third kappa shape index (κ3) is 6.04. The summed E-state index contributed by atoms with van der Waals surface area (Å²) in [6.07, 6.45) is 1.68. The summed E-state index contributed by atoms with van der Waals surface area (Å²) in [5.41, 5.74) is 1.88. The molecule has 0 saturated heterocycles. The number of fused-ring (bicyclic) bond motifs is 2. The first-order valence-corrected chi connectivity index (χ1v) is 11.2. The van der Waals surface area contributed by atoms with Gasteiger partial charge in [-0.15, -0.1) is 0 Å². The molecule has 3 N–H and O–H groups in total. The molecule has 2 heterocycles. The summed E-state index contributed by atoms with van der Waals surface area (Å²) in [7, 11) is 4.01. The molecule has 0 radical (unpaired) electrons. The van der Waals surface area contributed by atoms with Gasteiger partial charge in [0.25, 0.3) is 0 Å². The molecule has 0 saturated carbocycles. The Labute approximate surface area is 201 Å². The Kier molecular flexibility index (Phi) is 8.47. The van der Waals surface area contributed by atoms with E-state index in [1.54, 1.807) is 18.0 Å². The molecule has 9 nitrogen and oxygen atoms in total. The van der Waals surface area contributed by atoms with Crippen LogP contribution >= 0.6 is 11.8 Å². The van der Waals surface area contributed by atoms with Crippen molar-refractivity contribution in [1.29, 1.82) is 0 Å². The van der Waals surface area contributed by atoms with Crippen LogP contribution in [0.2, 0.25) is 0 Å². The van der Waals surface area contributed by atoms with E-state index in [1.807, 2.05) is 67.5 Å². The number of aliphatic carboxylic acids is 2. The third-order valence-corrected chi connectivity index (χ3v) is 6.10. The maximum Gasteiger partial charge on any atom is 0.414 e. The molecule has 1 amide bonds. The summed E-state index contributed by atoms with van der Waals surface area (Å²) >= 11 is 1.70. The number of hydrogen-bond donors (Lipinski definition) is 3. The summed E-state index contributed by atoms with van der Waals surface area (Å²) in [4.78, 5) is 37.5. The van der Waals surface area contributed by atoms with E-state index in [1.165, 1.54) is 0 Å². The lowest BCUT2D eigenvalue weighted by Gasteiger charge is -2.31. The zero-order valence-corrected chi connectivity index (χ0v) is 19.5. The number of carboxylic acids is 2. The van der Waals surface area contributed by atoms with Crippen LogP contribution < -0.4 is 10.2 Å². The van der Waals surface area contributed by atoms with Crippen molar-refractivity contribution in [3.05, 3.63) is 72.7 Å². The first-order chi connectivity index (χ1) is 16.3. The molecule has 178 valence electrons. The normalized spacial score (nSPS) is 12.7. The minimum absolute atomic E-state index is 0.0251. The van der Waals surface area contributed by atoms with Crippen LogP contribution in [0.4, 0.5) is 11.4 Å². The molecule has 2 aromatic carbocycles. The summed E-state index contributed by atoms with van der Waals surface area (Å²) in [5, 5.41) is 18.1. The highest BCUT2D eigenvalue weighted by Crippen LogP contribution is 2.47. The molecule has 34 heavy (non-hydrogen) atoms. The molecule has 0 spiro atoms. The predicted molar refractivity (Wildman–Crippen MR) is 127 cm³/mol. The van der Waals surface area contributed by atoms with Crippen LogP contribution in [0.5, 0.6) is 0 Å². The Bertz CT molecular complexity index is 1090. The van der Waals surface area contributed by atoms with Crippen LogP contribution in [-0.2, 0) is 14.4 Å². The maximum absolute atomic E-state index is 13.2. The smallest absolute Gasteiger partial charge is 0.414 e. The van der Waals surface area contributed by atoms with E-state index in [4.69, 9.17) is 24.2 Å². The SMILES string of the molecule is CN(C)C(CNCC(=O)N1c2ccccc2Sc2ccccc21)c1ccco1.O=C(O)C(=O)O. The number of nitrogens with zero attached hydrogens (tertiary/aromatic N) is 2. The van der Waals surface area contributed by atoms with Crippen molar-refractivity contribution < 1.29 is 29.0 Å². The monoisotopic (exact) mass is 483 g/mol. The van der Waals surface area contributed by atoms with Crippen molar-refractivity contribution in [2.24, 2.45) is 0 Å². The van der Waals surface area contributed by atoms with Gasteiger partial charge in [-0.2, -0.15) is 0 Å². The zero-order chi connectivity index (χ0) is 24.7. The number of carbonyl (C=O) groups is 3. The fourth-order valence-corrected chi connectivity index (χ4v) is 4.44. The van der Waals surface area contributed by atoms with Gasteiger partial charge in [0.15, 0.2) is 0 Å². The van der Waals surface area contributed by atoms with E-state index in [9.17, 15) is 4.79 Å². The van der Waals surface area contributed by atoms with Gasteiger partial charge >= 0.3 is 11.9 Å². The fraction of sp³-hybridized carbons (Fsp3) is 0.208. The number of amides is 1. The number of nitrogens with one attached hydrogen (secondary N) is 1. The Hall–Kier alpha value is -3.60. The Morgan fingerprint density at radius 2 is 1.50 bits per heavy atom. The Morgan fingerprint density at radius 1 is 0.941 bits per heavy atom. The molecular formula is C24H25N3O6S. The molecule has 1 aliphatic heterocycles. The molecular weight excluding hydrogens is 458 g/mol. The predicted octanol–water partition coefficient (Wildman–Crippen LogP) is 3.46. The van der Waals surface area contributed by atoms with Gasteiger partial charge in [-0.3, -0.25) is 14.6 Å². The highest BCUT2D eigenvalue weighted by atomic mass is 32.2. The van der Waals surface area contributed by atoms with Crippen molar-refractivity contribution in [2.45, 2.75) is 15.8 Å². The number of anilines is 2. The summed E-state index contributed by atoms with van der Waals surface area (Å²) < 4.78 is 5.54. The number of furan rings is 1. The van der Waals surface area contributed by atoms with Gasteiger partial charge in [0.05, 0.1) is 30.2 Å². The van der Waals surface area contributed by atoms with Gasteiger partial charge in [-0.05, 0) is 50.5 Å². The second-order valence-corrected chi connectivity index (χ2v) is 8.59. The summed E-state index contributed by atoms with van der Waals surface area (Å²) in [5.74, 6) is -2.74. The van der Waals surface area contributed by atoms with E-state index >= 15 is 0 Å². The third-order valence-electron chi connectivity index (χ3n) is 4.97. The second-order valence-electron chi connectivity index (χ2n) is 7.50. The van der Waals surface area contributed by atoms with Crippen molar-refractivity contribution in [1.82, 2.24) is 10.2 Å². The minimum atomic E-state index is -1.82. The molecule has 1 aromatic heterocycles. The number of carboxylic acid groups (broad SMARTS) is 2. The van der Waals surface area contributed by atoms with Crippen molar-refractivity contribution in [2.75, 3.05) is 32.1 Å². The largest absolute Gasteiger partial charge is 0.473 e. The molecule has 0 fully saturated rings. The van der Waals surface area contributed by atoms with Gasteiger partial charge in [-0.1, -0.05) is 36.0 Å². The summed E-state index contributed by atoms with van der Waals surface area (Å²) in [6, 6.07) is 20.0. The van der Waals surface area contributed by atoms with Gasteiger partial charge in [0.1, 0.15) is 5.76 Å². The number of rotatable bonds is 6. The summed E-state index contributed by atoms with van der Waals surface area (Å²) in [6.45, 7) is 0.872. The van der Waals surface area contributed by atoms with Crippen molar-refractivity contribution in [3.8, 4) is 0 Å². The van der Waals surface area contributed by atoms with Crippen LogP contribution in [0.25, 0.3) is 0 Å². The first-order valence-electron chi connectivity index (χ1n) is 10.3. The van der Waals surface area contributed by atoms with E-state index in [-0.39, 0.29) is 18.5 Å². The number of hydrogen-bond acceptors (Lipinski definition) is 7. The molecule has 4 rings (SSSR count). The maximum atomic E-state index is 13.2. The number of carbonyl (C=O) groups excluding carboxylic acids is 1. The quantitative estimate of drug-likeness (QED) is 0.452. The lowest BCUT2D eigenvalue weighted by Crippen LogP contribution is -2.39. The van der Waals surface area contributed by atoms with Crippen molar-refractivity contribution >= 4 is 41.0 Å². The average molecular weight is 484 g/mol. The number of benzene rings is 2. The van der Waals surface area contributed by atoms with Gasteiger partial charge in [-0.25, -0.2) is 9.59 Å². The molecule has 0 aliphatic carbocycles. The molecule has 0 bridgehead atoms. The lowest BCUT2D eigenvalue weighted by atomic mass is 10.2. The van der Waals surface area contributed by atoms with E-state index in [0.29, 0.717) is 6.54 Å².